The molecule has 0 radical (unpaired) electrons. The third-order valence-electron chi connectivity index (χ3n) is 9.33. The molecule has 0 saturated heterocycles. The molecule has 3 fully saturated rings. The van der Waals surface area contributed by atoms with E-state index in [1.165, 1.54) is 38.5 Å². The SMILES string of the molecule is C[C@H](CCCC(C)(C)O)[C@H]1CC[C@H]2/C(=C/C=C3C[C@@H](O)C(CCCO)[C@H](O)C3)CCC[C@]12C. The number of aliphatic hydroxyl groups is 4. The lowest BCUT2D eigenvalue weighted by Gasteiger charge is -2.44. The smallest absolute Gasteiger partial charge is 0.0630 e. The predicted molar refractivity (Wildman–Crippen MR) is 135 cm³/mol. The van der Waals surface area contributed by atoms with Crippen LogP contribution in [-0.2, 0) is 0 Å². The van der Waals surface area contributed by atoms with Crippen molar-refractivity contribution < 1.29 is 20.4 Å². The zero-order valence-corrected chi connectivity index (χ0v) is 21.6. The molecule has 0 aromatic heterocycles. The summed E-state index contributed by atoms with van der Waals surface area (Å²) < 4.78 is 0. The van der Waals surface area contributed by atoms with Crippen molar-refractivity contribution in [2.24, 2.45) is 29.1 Å². The largest absolute Gasteiger partial charge is 0.396 e. The van der Waals surface area contributed by atoms with Gasteiger partial charge < -0.3 is 20.4 Å². The van der Waals surface area contributed by atoms with Gasteiger partial charge in [-0.2, -0.15) is 0 Å². The second-order valence-corrected chi connectivity index (χ2v) is 12.4. The summed E-state index contributed by atoms with van der Waals surface area (Å²) in [5.74, 6) is 1.99. The van der Waals surface area contributed by atoms with Crippen LogP contribution in [0.4, 0.5) is 0 Å². The molecule has 3 aliphatic carbocycles. The molecule has 0 aliphatic heterocycles. The van der Waals surface area contributed by atoms with E-state index < -0.39 is 17.8 Å². The number of hydrogen-bond donors (Lipinski definition) is 4. The Morgan fingerprint density at radius 2 is 1.79 bits per heavy atom. The second kappa shape index (κ2) is 11.4. The van der Waals surface area contributed by atoms with E-state index in [0.717, 1.165) is 24.3 Å². The molecule has 0 unspecified atom stereocenters. The monoisotopic (exact) mass is 462 g/mol. The van der Waals surface area contributed by atoms with E-state index in [0.29, 0.717) is 42.9 Å². The Bertz CT molecular complexity index is 676. The molecule has 3 saturated carbocycles. The van der Waals surface area contributed by atoms with E-state index in [4.69, 9.17) is 5.11 Å². The molecule has 3 rings (SSSR count). The molecule has 0 aromatic carbocycles. The topological polar surface area (TPSA) is 80.9 Å². The summed E-state index contributed by atoms with van der Waals surface area (Å²) in [4.78, 5) is 0. The number of fused-ring (bicyclic) bond motifs is 1. The maximum atomic E-state index is 10.6. The van der Waals surface area contributed by atoms with Crippen LogP contribution < -0.4 is 0 Å². The average molecular weight is 463 g/mol. The van der Waals surface area contributed by atoms with Crippen molar-refractivity contribution in [3.05, 3.63) is 23.3 Å². The highest BCUT2D eigenvalue weighted by Crippen LogP contribution is 2.60. The molecule has 6 atom stereocenters. The van der Waals surface area contributed by atoms with Crippen molar-refractivity contribution >= 4 is 0 Å². The minimum absolute atomic E-state index is 0.115. The van der Waals surface area contributed by atoms with Crippen LogP contribution in [0.2, 0.25) is 0 Å². The third-order valence-corrected chi connectivity index (χ3v) is 9.33. The molecule has 0 bridgehead atoms. The van der Waals surface area contributed by atoms with Gasteiger partial charge in [0.05, 0.1) is 17.8 Å². The Morgan fingerprint density at radius 1 is 1.09 bits per heavy atom. The number of allylic oxidation sites excluding steroid dienone is 3. The van der Waals surface area contributed by atoms with E-state index in [-0.39, 0.29) is 12.5 Å². The highest BCUT2D eigenvalue weighted by atomic mass is 16.3. The fraction of sp³-hybridized carbons (Fsp3) is 0.862. The Kier molecular flexibility index (Phi) is 9.27. The lowest BCUT2D eigenvalue weighted by atomic mass is 9.60. The summed E-state index contributed by atoms with van der Waals surface area (Å²) in [5.41, 5.74) is 2.55. The summed E-state index contributed by atoms with van der Waals surface area (Å²) in [6.45, 7) is 8.90. The van der Waals surface area contributed by atoms with Crippen molar-refractivity contribution in [3.63, 3.8) is 0 Å². The first-order valence-electron chi connectivity index (χ1n) is 13.6. The van der Waals surface area contributed by atoms with Gasteiger partial charge in [0.1, 0.15) is 0 Å². The van der Waals surface area contributed by atoms with Crippen molar-refractivity contribution in [1.82, 2.24) is 0 Å². The Morgan fingerprint density at radius 3 is 2.42 bits per heavy atom. The van der Waals surface area contributed by atoms with Crippen molar-refractivity contribution in [3.8, 4) is 0 Å². The van der Waals surface area contributed by atoms with E-state index in [9.17, 15) is 15.3 Å². The van der Waals surface area contributed by atoms with E-state index >= 15 is 0 Å². The lowest BCUT2D eigenvalue weighted by molar-refractivity contribution is -0.0119. The zero-order valence-electron chi connectivity index (χ0n) is 21.6. The molecule has 3 aliphatic rings. The van der Waals surface area contributed by atoms with E-state index in [2.05, 4.69) is 26.0 Å². The maximum Gasteiger partial charge on any atom is 0.0630 e. The Balaban J connectivity index is 1.64. The quantitative estimate of drug-likeness (QED) is 0.363. The molecular weight excluding hydrogens is 412 g/mol. The number of rotatable bonds is 9. The zero-order chi connectivity index (χ0) is 24.2. The minimum atomic E-state index is -0.560. The minimum Gasteiger partial charge on any atom is -0.396 e. The molecule has 4 nitrogen and oxygen atoms in total. The van der Waals surface area contributed by atoms with Crippen molar-refractivity contribution in [2.45, 2.75) is 123 Å². The first-order chi connectivity index (χ1) is 15.5. The van der Waals surface area contributed by atoms with E-state index in [1.807, 2.05) is 13.8 Å². The molecule has 4 N–H and O–H groups in total. The highest BCUT2D eigenvalue weighted by Gasteiger charge is 2.50. The first-order valence-corrected chi connectivity index (χ1v) is 13.6. The summed E-state index contributed by atoms with van der Waals surface area (Å²) in [6, 6.07) is 0. The molecule has 0 heterocycles. The van der Waals surface area contributed by atoms with Gasteiger partial charge >= 0.3 is 0 Å². The number of aliphatic hydroxyl groups excluding tert-OH is 3. The molecule has 33 heavy (non-hydrogen) atoms. The normalized spacial score (nSPS) is 37.3. The van der Waals surface area contributed by atoms with Crippen LogP contribution in [0, 0.1) is 29.1 Å². The number of hydrogen-bond acceptors (Lipinski definition) is 4. The summed E-state index contributed by atoms with van der Waals surface area (Å²) >= 11 is 0. The second-order valence-electron chi connectivity index (χ2n) is 12.4. The fourth-order valence-corrected chi connectivity index (χ4v) is 7.52. The molecule has 0 amide bonds. The van der Waals surface area contributed by atoms with Gasteiger partial charge in [-0.1, -0.05) is 50.0 Å². The maximum absolute atomic E-state index is 10.6. The van der Waals surface area contributed by atoms with Gasteiger partial charge in [-0.05, 0) is 101 Å². The van der Waals surface area contributed by atoms with Crippen LogP contribution in [0.3, 0.4) is 0 Å². The predicted octanol–water partition coefficient (Wildman–Crippen LogP) is 5.54. The van der Waals surface area contributed by atoms with Crippen LogP contribution in [0.1, 0.15) is 105 Å². The van der Waals surface area contributed by atoms with Crippen molar-refractivity contribution in [2.75, 3.05) is 6.61 Å². The van der Waals surface area contributed by atoms with Crippen LogP contribution in [0.25, 0.3) is 0 Å². The third kappa shape index (κ3) is 6.72. The summed E-state index contributed by atoms with van der Waals surface area (Å²) in [6.07, 6.45) is 15.6. The molecule has 190 valence electrons. The van der Waals surface area contributed by atoms with Gasteiger partial charge in [0.25, 0.3) is 0 Å². The molecule has 0 aromatic rings. The van der Waals surface area contributed by atoms with E-state index in [1.54, 1.807) is 5.57 Å². The van der Waals surface area contributed by atoms with Crippen LogP contribution >= 0.6 is 0 Å². The Labute approximate surface area is 202 Å². The summed E-state index contributed by atoms with van der Waals surface area (Å²) in [7, 11) is 0. The van der Waals surface area contributed by atoms with Gasteiger partial charge in [-0.3, -0.25) is 0 Å². The lowest BCUT2D eigenvalue weighted by Crippen LogP contribution is -2.37. The summed E-state index contributed by atoms with van der Waals surface area (Å²) in [5, 5.41) is 40.3. The highest BCUT2D eigenvalue weighted by molar-refractivity contribution is 5.26. The fourth-order valence-electron chi connectivity index (χ4n) is 7.52. The van der Waals surface area contributed by atoms with Crippen LogP contribution in [0.5, 0.6) is 0 Å². The Hall–Kier alpha value is -0.680. The van der Waals surface area contributed by atoms with Gasteiger partial charge in [-0.15, -0.1) is 0 Å². The van der Waals surface area contributed by atoms with Gasteiger partial charge in [-0.25, -0.2) is 0 Å². The van der Waals surface area contributed by atoms with Gasteiger partial charge in [0, 0.05) is 12.5 Å². The average Bonchev–Trinajstić information content (AvgIpc) is 3.08. The standard InChI is InChI=1S/C29H50O4/c1-20(8-5-15-28(2,3)33)24-13-14-25-22(9-6-16-29(24,25)4)12-11-21-18-26(31)23(10-7-17-30)27(32)19-21/h11-12,20,23-27,30-33H,5-10,13-19H2,1-4H3/b21-11?,22-12+/t20-,23?,24-,25+,26-,27-,29-/m1/s1. The molecule has 4 heteroatoms. The van der Waals surface area contributed by atoms with Crippen molar-refractivity contribution in [1.29, 1.82) is 0 Å². The first kappa shape index (κ1) is 26.9. The van der Waals surface area contributed by atoms with Crippen LogP contribution in [-0.4, -0.2) is 44.8 Å². The molecule has 0 spiro atoms. The van der Waals surface area contributed by atoms with Crippen LogP contribution in [0.15, 0.2) is 23.3 Å². The van der Waals surface area contributed by atoms with Gasteiger partial charge in [0.15, 0.2) is 0 Å². The van der Waals surface area contributed by atoms with Gasteiger partial charge in [0.2, 0.25) is 0 Å². The molecular formula is C29H50O4.